The second kappa shape index (κ2) is 7.95. The van der Waals surface area contributed by atoms with E-state index in [1.165, 1.54) is 23.8 Å². The van der Waals surface area contributed by atoms with Crippen molar-refractivity contribution in [3.05, 3.63) is 94.3 Å². The van der Waals surface area contributed by atoms with Gasteiger partial charge in [0, 0.05) is 16.3 Å². The van der Waals surface area contributed by atoms with E-state index in [0.717, 1.165) is 16.8 Å². The number of benzene rings is 3. The van der Waals surface area contributed by atoms with Crippen molar-refractivity contribution in [3.63, 3.8) is 0 Å². The van der Waals surface area contributed by atoms with E-state index in [-0.39, 0.29) is 29.2 Å². The lowest BCUT2D eigenvalue weighted by Gasteiger charge is -2.13. The molecule has 0 aliphatic heterocycles. The molecule has 172 valence electrons. The molecule has 2 heterocycles. The van der Waals surface area contributed by atoms with Gasteiger partial charge in [0.05, 0.1) is 24.9 Å². The Morgan fingerprint density at radius 1 is 0.941 bits per heavy atom. The van der Waals surface area contributed by atoms with Crippen molar-refractivity contribution in [3.8, 4) is 17.3 Å². The maximum Gasteiger partial charge on any atom is 0.416 e. The van der Waals surface area contributed by atoms with Gasteiger partial charge in [-0.05, 0) is 36.4 Å². The zero-order valence-electron chi connectivity index (χ0n) is 17.9. The Morgan fingerprint density at radius 2 is 1.59 bits per heavy atom. The van der Waals surface area contributed by atoms with Gasteiger partial charge in [-0.2, -0.15) is 23.0 Å². The molecule has 5 rings (SSSR count). The van der Waals surface area contributed by atoms with Gasteiger partial charge in [-0.3, -0.25) is 9.36 Å². The Hall–Kier alpha value is -4.27. The van der Waals surface area contributed by atoms with Crippen LogP contribution in [-0.4, -0.2) is 26.6 Å². The van der Waals surface area contributed by atoms with Crippen LogP contribution in [-0.2, 0) is 12.7 Å². The maximum atomic E-state index is 13.4. The summed E-state index contributed by atoms with van der Waals surface area (Å²) in [6.45, 7) is 0.0937. The molecule has 0 saturated heterocycles. The number of nitrogens with zero attached hydrogens (tertiary/aromatic N) is 3. The number of ether oxygens (including phenoxy) is 1. The minimum atomic E-state index is -4.49. The zero-order valence-corrected chi connectivity index (χ0v) is 17.9. The summed E-state index contributed by atoms with van der Waals surface area (Å²) in [5.41, 5.74) is 0.312. The molecule has 0 saturated carbocycles. The molecule has 9 heteroatoms. The van der Waals surface area contributed by atoms with Gasteiger partial charge in [-0.1, -0.05) is 36.4 Å². The van der Waals surface area contributed by atoms with Gasteiger partial charge in [0.15, 0.2) is 0 Å². The van der Waals surface area contributed by atoms with Gasteiger partial charge in [-0.15, -0.1) is 0 Å². The van der Waals surface area contributed by atoms with Gasteiger partial charge >= 0.3 is 6.18 Å². The van der Waals surface area contributed by atoms with E-state index < -0.39 is 11.7 Å². The Balaban J connectivity index is 1.77. The highest BCUT2D eigenvalue weighted by atomic mass is 19.4. The molecular formula is C25H18F3N3O3. The van der Waals surface area contributed by atoms with Crippen molar-refractivity contribution >= 4 is 21.8 Å². The molecule has 0 amide bonds. The van der Waals surface area contributed by atoms with E-state index in [0.29, 0.717) is 27.6 Å². The van der Waals surface area contributed by atoms with Crippen LogP contribution in [0.15, 0.2) is 77.6 Å². The van der Waals surface area contributed by atoms with Crippen molar-refractivity contribution in [1.82, 2.24) is 14.3 Å². The van der Waals surface area contributed by atoms with Crippen LogP contribution < -0.4 is 10.3 Å². The predicted octanol–water partition coefficient (Wildman–Crippen LogP) is 5.12. The fourth-order valence-corrected chi connectivity index (χ4v) is 4.08. The summed E-state index contributed by atoms with van der Waals surface area (Å²) in [6, 6.07) is 18.3. The van der Waals surface area contributed by atoms with Crippen LogP contribution in [0.4, 0.5) is 13.2 Å². The van der Waals surface area contributed by atoms with E-state index in [2.05, 4.69) is 5.10 Å². The summed E-state index contributed by atoms with van der Waals surface area (Å²) in [4.78, 5) is 13.4. The first-order valence-electron chi connectivity index (χ1n) is 10.3. The summed E-state index contributed by atoms with van der Waals surface area (Å²) < 4.78 is 46.9. The second-order valence-corrected chi connectivity index (χ2v) is 7.73. The van der Waals surface area contributed by atoms with Crippen molar-refractivity contribution in [2.24, 2.45) is 0 Å². The van der Waals surface area contributed by atoms with Crippen LogP contribution in [0.5, 0.6) is 11.6 Å². The number of alkyl halides is 3. The first-order chi connectivity index (χ1) is 16.3. The van der Waals surface area contributed by atoms with Crippen LogP contribution in [0.3, 0.4) is 0 Å². The summed E-state index contributed by atoms with van der Waals surface area (Å²) in [5.74, 6) is 0.220. The number of hydrogen-bond donors (Lipinski definition) is 1. The molecule has 34 heavy (non-hydrogen) atoms. The summed E-state index contributed by atoms with van der Waals surface area (Å²) in [7, 11) is 1.53. The number of para-hydroxylation sites is 1. The van der Waals surface area contributed by atoms with E-state index in [4.69, 9.17) is 4.74 Å². The summed E-state index contributed by atoms with van der Waals surface area (Å²) >= 11 is 0. The lowest BCUT2D eigenvalue weighted by Crippen LogP contribution is -2.21. The zero-order chi connectivity index (χ0) is 24.0. The largest absolute Gasteiger partial charge is 0.496 e. The van der Waals surface area contributed by atoms with Crippen LogP contribution in [0.2, 0.25) is 0 Å². The van der Waals surface area contributed by atoms with E-state index >= 15 is 0 Å². The monoisotopic (exact) mass is 465 g/mol. The SMILES string of the molecule is COc1ccccc1Cn1c(=O)c2ccccc2c2nn(-c3ccc(C(F)(F)F)cc3)c(O)c21. The highest BCUT2D eigenvalue weighted by molar-refractivity contribution is 6.05. The van der Waals surface area contributed by atoms with Gasteiger partial charge in [0.2, 0.25) is 5.88 Å². The third-order valence-corrected chi connectivity index (χ3v) is 5.72. The number of rotatable bonds is 4. The number of halogens is 3. The van der Waals surface area contributed by atoms with Crippen molar-refractivity contribution in [1.29, 1.82) is 0 Å². The fourth-order valence-electron chi connectivity index (χ4n) is 4.08. The smallest absolute Gasteiger partial charge is 0.416 e. The molecule has 0 radical (unpaired) electrons. The van der Waals surface area contributed by atoms with Crippen molar-refractivity contribution in [2.75, 3.05) is 7.11 Å². The molecule has 0 aliphatic rings. The molecule has 0 unspecified atom stereocenters. The van der Waals surface area contributed by atoms with Crippen LogP contribution in [0, 0.1) is 0 Å². The number of hydrogen-bond acceptors (Lipinski definition) is 4. The van der Waals surface area contributed by atoms with Gasteiger partial charge in [-0.25, -0.2) is 0 Å². The molecule has 0 fully saturated rings. The molecule has 6 nitrogen and oxygen atoms in total. The lowest BCUT2D eigenvalue weighted by molar-refractivity contribution is -0.137. The molecule has 1 N–H and O–H groups in total. The topological polar surface area (TPSA) is 69.3 Å². The van der Waals surface area contributed by atoms with E-state index in [9.17, 15) is 23.1 Å². The lowest BCUT2D eigenvalue weighted by atomic mass is 10.1. The number of methoxy groups -OCH3 is 1. The second-order valence-electron chi connectivity index (χ2n) is 7.73. The van der Waals surface area contributed by atoms with E-state index in [1.54, 1.807) is 36.4 Å². The maximum absolute atomic E-state index is 13.4. The highest BCUT2D eigenvalue weighted by Gasteiger charge is 2.30. The van der Waals surface area contributed by atoms with Crippen molar-refractivity contribution < 1.29 is 23.0 Å². The Kier molecular flexibility index (Phi) is 5.04. The van der Waals surface area contributed by atoms with Gasteiger partial charge < -0.3 is 9.84 Å². The third-order valence-electron chi connectivity index (χ3n) is 5.72. The molecule has 5 aromatic rings. The van der Waals surface area contributed by atoms with Crippen molar-refractivity contribution in [2.45, 2.75) is 12.7 Å². The predicted molar refractivity (Wildman–Crippen MR) is 122 cm³/mol. The summed E-state index contributed by atoms with van der Waals surface area (Å²) in [6.07, 6.45) is -4.49. The molecule has 2 aromatic heterocycles. The highest BCUT2D eigenvalue weighted by Crippen LogP contribution is 2.34. The molecule has 0 aliphatic carbocycles. The third kappa shape index (κ3) is 3.45. The Morgan fingerprint density at radius 3 is 2.26 bits per heavy atom. The van der Waals surface area contributed by atoms with E-state index in [1.807, 2.05) is 12.1 Å². The fraction of sp³-hybridized carbons (Fsp3) is 0.120. The van der Waals surface area contributed by atoms with Gasteiger partial charge in [0.1, 0.15) is 16.8 Å². The van der Waals surface area contributed by atoms with Crippen LogP contribution >= 0.6 is 0 Å². The Labute approximate surface area is 191 Å². The first kappa shape index (κ1) is 21.6. The minimum Gasteiger partial charge on any atom is -0.496 e. The first-order valence-corrected chi connectivity index (χ1v) is 10.3. The molecule has 3 aromatic carbocycles. The average molecular weight is 465 g/mol. The van der Waals surface area contributed by atoms with Gasteiger partial charge in [0.25, 0.3) is 5.56 Å². The number of aromatic hydroxyl groups is 1. The van der Waals surface area contributed by atoms with Crippen LogP contribution in [0.1, 0.15) is 11.1 Å². The minimum absolute atomic E-state index is 0.0937. The number of aromatic nitrogens is 3. The molecule has 0 atom stereocenters. The number of fused-ring (bicyclic) bond motifs is 3. The number of pyridine rings is 1. The standard InChI is InChI=1S/C25H18F3N3O3/c1-34-20-9-5-2-6-15(20)14-30-22-21(18-7-3-4-8-19(18)23(30)32)29-31(24(22)33)17-12-10-16(11-13-17)25(26,27)28/h2-13,33H,14H2,1H3. The Bertz CT molecular complexity index is 1590. The summed E-state index contributed by atoms with van der Waals surface area (Å²) in [5, 5.41) is 16.5. The quantitative estimate of drug-likeness (QED) is 0.400. The molecule has 0 bridgehead atoms. The average Bonchev–Trinajstić information content (AvgIpc) is 3.18. The molecule has 0 spiro atoms. The molecular weight excluding hydrogens is 447 g/mol. The van der Waals surface area contributed by atoms with Crippen LogP contribution in [0.25, 0.3) is 27.5 Å². The normalized spacial score (nSPS) is 11.9.